The van der Waals surface area contributed by atoms with Gasteiger partial charge in [0.15, 0.2) is 0 Å². The maximum atomic E-state index is 14.0. The molecule has 0 aliphatic rings. The molecule has 0 saturated heterocycles. The molecule has 0 amide bonds. The summed E-state index contributed by atoms with van der Waals surface area (Å²) in [5, 5.41) is 6.26. The monoisotopic (exact) mass is 371 g/mol. The summed E-state index contributed by atoms with van der Waals surface area (Å²) in [7, 11) is 0. The van der Waals surface area contributed by atoms with Crippen LogP contribution in [0, 0.1) is 18.6 Å². The van der Waals surface area contributed by atoms with E-state index in [4.69, 9.17) is 5.10 Å². The summed E-state index contributed by atoms with van der Waals surface area (Å²) in [5.74, 6) is -0.640. The molecule has 0 aliphatic heterocycles. The molecular weight excluding hydrogens is 356 g/mol. The lowest BCUT2D eigenvalue weighted by Crippen LogP contribution is -1.97. The molecule has 28 heavy (non-hydrogen) atoms. The van der Waals surface area contributed by atoms with E-state index in [2.05, 4.69) is 4.98 Å². The van der Waals surface area contributed by atoms with Crippen molar-refractivity contribution >= 4 is 21.8 Å². The van der Waals surface area contributed by atoms with Crippen LogP contribution in [0.2, 0.25) is 0 Å². The molecule has 2 heterocycles. The van der Waals surface area contributed by atoms with Gasteiger partial charge in [-0.1, -0.05) is 17.7 Å². The Hall–Kier alpha value is -3.60. The van der Waals surface area contributed by atoms with E-state index in [0.717, 1.165) is 27.7 Å². The number of nitrogens with zero attached hydrogens (tertiary/aromatic N) is 3. The maximum Gasteiger partial charge on any atom is 0.124 e. The van der Waals surface area contributed by atoms with Crippen LogP contribution in [0.25, 0.3) is 38.8 Å². The normalized spacial score (nSPS) is 11.4. The Bertz CT molecular complexity index is 1320. The van der Waals surface area contributed by atoms with Gasteiger partial charge in [0, 0.05) is 22.5 Å². The van der Waals surface area contributed by atoms with Crippen molar-refractivity contribution in [2.75, 3.05) is 0 Å². The van der Waals surface area contributed by atoms with E-state index in [1.165, 1.54) is 24.3 Å². The Labute approximate surface area is 159 Å². The van der Waals surface area contributed by atoms with Gasteiger partial charge in [0.05, 0.1) is 16.7 Å². The second kappa shape index (κ2) is 6.23. The lowest BCUT2D eigenvalue weighted by atomic mass is 10.1. The minimum Gasteiger partial charge on any atom is -0.255 e. The van der Waals surface area contributed by atoms with Gasteiger partial charge >= 0.3 is 0 Å². The molecule has 136 valence electrons. The van der Waals surface area contributed by atoms with Crippen LogP contribution in [0.1, 0.15) is 5.56 Å². The molecule has 0 saturated carbocycles. The van der Waals surface area contributed by atoms with Gasteiger partial charge in [-0.15, -0.1) is 0 Å². The predicted molar refractivity (Wildman–Crippen MR) is 106 cm³/mol. The van der Waals surface area contributed by atoms with Crippen molar-refractivity contribution in [1.29, 1.82) is 0 Å². The highest BCUT2D eigenvalue weighted by Crippen LogP contribution is 2.34. The maximum absolute atomic E-state index is 14.0. The number of halogens is 2. The first-order chi connectivity index (χ1) is 13.6. The van der Waals surface area contributed by atoms with Crippen LogP contribution < -0.4 is 0 Å². The first-order valence-corrected chi connectivity index (χ1v) is 8.90. The Kier molecular flexibility index (Phi) is 3.69. The van der Waals surface area contributed by atoms with Crippen molar-refractivity contribution in [1.82, 2.24) is 14.8 Å². The van der Waals surface area contributed by atoms with Crippen LogP contribution in [-0.4, -0.2) is 14.8 Å². The highest BCUT2D eigenvalue weighted by Gasteiger charge is 2.17. The van der Waals surface area contributed by atoms with E-state index in [9.17, 15) is 8.78 Å². The van der Waals surface area contributed by atoms with E-state index in [1.807, 2.05) is 31.2 Å². The molecule has 2 aromatic heterocycles. The van der Waals surface area contributed by atoms with Gasteiger partial charge in [0.25, 0.3) is 0 Å². The van der Waals surface area contributed by atoms with Gasteiger partial charge in [-0.05, 0) is 61.5 Å². The molecule has 5 heteroatoms. The fourth-order valence-electron chi connectivity index (χ4n) is 3.45. The van der Waals surface area contributed by atoms with Gasteiger partial charge in [0.2, 0.25) is 0 Å². The molecule has 0 bridgehead atoms. The van der Waals surface area contributed by atoms with Crippen molar-refractivity contribution < 1.29 is 8.78 Å². The SMILES string of the molecule is Cc1ccc(-n2nc(-c3ccc(F)cc3)c3cnc4ccc(F)cc4c32)cc1. The summed E-state index contributed by atoms with van der Waals surface area (Å²) in [6, 6.07) is 18.7. The number of benzene rings is 3. The number of rotatable bonds is 2. The van der Waals surface area contributed by atoms with Gasteiger partial charge in [-0.2, -0.15) is 5.10 Å². The van der Waals surface area contributed by atoms with Gasteiger partial charge in [-0.3, -0.25) is 4.98 Å². The smallest absolute Gasteiger partial charge is 0.124 e. The van der Waals surface area contributed by atoms with Crippen molar-refractivity contribution in [3.63, 3.8) is 0 Å². The van der Waals surface area contributed by atoms with Crippen molar-refractivity contribution in [2.45, 2.75) is 6.92 Å². The molecule has 0 aliphatic carbocycles. The minimum absolute atomic E-state index is 0.309. The highest BCUT2D eigenvalue weighted by atomic mass is 19.1. The Morgan fingerprint density at radius 2 is 1.50 bits per heavy atom. The summed E-state index contributed by atoms with van der Waals surface area (Å²) < 4.78 is 29.2. The topological polar surface area (TPSA) is 30.7 Å². The average molecular weight is 371 g/mol. The van der Waals surface area contributed by atoms with Crippen molar-refractivity contribution in [3.05, 3.63) is 90.1 Å². The van der Waals surface area contributed by atoms with Gasteiger partial charge in [-0.25, -0.2) is 13.5 Å². The molecule has 3 nitrogen and oxygen atoms in total. The number of pyridine rings is 1. The van der Waals surface area contributed by atoms with Gasteiger partial charge < -0.3 is 0 Å². The fourth-order valence-corrected chi connectivity index (χ4v) is 3.45. The van der Waals surface area contributed by atoms with Crippen LogP contribution in [0.15, 0.2) is 72.9 Å². The number of aryl methyl sites for hydroxylation is 1. The van der Waals surface area contributed by atoms with E-state index < -0.39 is 0 Å². The quantitative estimate of drug-likeness (QED) is 0.391. The zero-order chi connectivity index (χ0) is 19.3. The zero-order valence-corrected chi connectivity index (χ0v) is 15.0. The molecule has 0 radical (unpaired) electrons. The molecule has 0 N–H and O–H groups in total. The Morgan fingerprint density at radius 3 is 2.25 bits per heavy atom. The van der Waals surface area contributed by atoms with Crippen molar-refractivity contribution in [3.8, 4) is 16.9 Å². The minimum atomic E-state index is -0.332. The number of hydrogen-bond acceptors (Lipinski definition) is 2. The average Bonchev–Trinajstić information content (AvgIpc) is 3.09. The largest absolute Gasteiger partial charge is 0.255 e. The molecule has 0 spiro atoms. The zero-order valence-electron chi connectivity index (χ0n) is 15.0. The first kappa shape index (κ1) is 16.6. The predicted octanol–water partition coefficient (Wildman–Crippen LogP) is 5.83. The summed E-state index contributed by atoms with van der Waals surface area (Å²) in [4.78, 5) is 4.48. The van der Waals surface area contributed by atoms with E-state index in [-0.39, 0.29) is 11.6 Å². The molecule has 5 aromatic rings. The first-order valence-electron chi connectivity index (χ1n) is 8.90. The standard InChI is InChI=1S/C23H15F2N3/c1-14-2-9-18(10-3-14)28-23-19-12-17(25)8-11-21(19)26-13-20(23)22(27-28)15-4-6-16(24)7-5-15/h2-13H,1H3. The van der Waals surface area contributed by atoms with Crippen LogP contribution in [0.3, 0.4) is 0 Å². The van der Waals surface area contributed by atoms with E-state index in [1.54, 1.807) is 29.1 Å². The third kappa shape index (κ3) is 2.63. The second-order valence-electron chi connectivity index (χ2n) is 6.78. The van der Waals surface area contributed by atoms with Crippen molar-refractivity contribution in [2.24, 2.45) is 0 Å². The van der Waals surface area contributed by atoms with Crippen LogP contribution >= 0.6 is 0 Å². The van der Waals surface area contributed by atoms with Crippen LogP contribution in [0.5, 0.6) is 0 Å². The third-order valence-corrected chi connectivity index (χ3v) is 4.86. The lowest BCUT2D eigenvalue weighted by Gasteiger charge is -2.06. The lowest BCUT2D eigenvalue weighted by molar-refractivity contribution is 0.628. The molecule has 5 rings (SSSR count). The molecule has 0 atom stereocenters. The summed E-state index contributed by atoms with van der Waals surface area (Å²) >= 11 is 0. The summed E-state index contributed by atoms with van der Waals surface area (Å²) in [5.41, 5.74) is 4.90. The Balaban J connectivity index is 1.90. The molecule has 0 fully saturated rings. The molecule has 0 unspecified atom stereocenters. The summed E-state index contributed by atoms with van der Waals surface area (Å²) in [6.07, 6.45) is 1.74. The van der Waals surface area contributed by atoms with E-state index in [0.29, 0.717) is 16.6 Å². The third-order valence-electron chi connectivity index (χ3n) is 4.86. The second-order valence-corrected chi connectivity index (χ2v) is 6.78. The number of hydrogen-bond donors (Lipinski definition) is 0. The molecule has 3 aromatic carbocycles. The number of fused-ring (bicyclic) bond motifs is 3. The van der Waals surface area contributed by atoms with E-state index >= 15 is 0 Å². The summed E-state index contributed by atoms with van der Waals surface area (Å²) in [6.45, 7) is 2.02. The highest BCUT2D eigenvalue weighted by molar-refractivity contribution is 6.08. The Morgan fingerprint density at radius 1 is 0.786 bits per heavy atom. The van der Waals surface area contributed by atoms with Crippen LogP contribution in [-0.2, 0) is 0 Å². The fraction of sp³-hybridized carbons (Fsp3) is 0.0435. The van der Waals surface area contributed by atoms with Crippen LogP contribution in [0.4, 0.5) is 8.78 Å². The number of aromatic nitrogens is 3. The van der Waals surface area contributed by atoms with Gasteiger partial charge in [0.1, 0.15) is 17.3 Å². The molecular formula is C23H15F2N3.